The minimum atomic E-state index is 0.460. The summed E-state index contributed by atoms with van der Waals surface area (Å²) in [5.41, 5.74) is 9.74. The fourth-order valence-corrected chi connectivity index (χ4v) is 2.67. The third-order valence-electron chi connectivity index (χ3n) is 3.48. The van der Waals surface area contributed by atoms with Crippen molar-refractivity contribution >= 4 is 10.9 Å². The average molecular weight is 201 g/mol. The van der Waals surface area contributed by atoms with Crippen LogP contribution in [0.15, 0.2) is 18.2 Å². The molecule has 15 heavy (non-hydrogen) atoms. The number of aryl methyl sites for hydroxylation is 2. The molecule has 0 radical (unpaired) electrons. The van der Waals surface area contributed by atoms with Gasteiger partial charge in [0.1, 0.15) is 6.04 Å². The van der Waals surface area contributed by atoms with Crippen LogP contribution in [0.3, 0.4) is 0 Å². The van der Waals surface area contributed by atoms with Crippen LogP contribution in [0.25, 0.3) is 10.9 Å². The lowest BCUT2D eigenvalue weighted by Crippen LogP contribution is -2.54. The summed E-state index contributed by atoms with van der Waals surface area (Å²) < 4.78 is 0. The van der Waals surface area contributed by atoms with Gasteiger partial charge < -0.3 is 10.7 Å². The molecule has 1 aliphatic carbocycles. The van der Waals surface area contributed by atoms with Gasteiger partial charge in [-0.25, -0.2) is 0 Å². The van der Waals surface area contributed by atoms with Crippen molar-refractivity contribution in [3.63, 3.8) is 0 Å². The molecule has 0 saturated carbocycles. The molecule has 2 heteroatoms. The Balaban J connectivity index is 2.31. The molecule has 1 atom stereocenters. The van der Waals surface area contributed by atoms with Gasteiger partial charge in [-0.05, 0) is 37.5 Å². The van der Waals surface area contributed by atoms with Crippen molar-refractivity contribution in [3.05, 3.63) is 35.0 Å². The van der Waals surface area contributed by atoms with Gasteiger partial charge in [-0.15, -0.1) is 0 Å². The quantitative estimate of drug-likeness (QED) is 0.655. The predicted octanol–water partition coefficient (Wildman–Crippen LogP) is 2.10. The van der Waals surface area contributed by atoms with Gasteiger partial charge in [0, 0.05) is 17.3 Å². The highest BCUT2D eigenvalue weighted by molar-refractivity contribution is 5.85. The minimum absolute atomic E-state index is 0.460. The Morgan fingerprint density at radius 1 is 1.40 bits per heavy atom. The van der Waals surface area contributed by atoms with E-state index in [9.17, 15) is 0 Å². The molecule has 0 spiro atoms. The number of quaternary nitrogens is 1. The molecule has 0 aliphatic heterocycles. The maximum atomic E-state index is 4.23. The highest BCUT2D eigenvalue weighted by Crippen LogP contribution is 2.32. The summed E-state index contributed by atoms with van der Waals surface area (Å²) in [7, 11) is 0. The fourth-order valence-electron chi connectivity index (χ4n) is 2.67. The fraction of sp³-hybridized carbons (Fsp3) is 0.385. The van der Waals surface area contributed by atoms with Crippen LogP contribution in [0.4, 0.5) is 0 Å². The maximum Gasteiger partial charge on any atom is 0.125 e. The van der Waals surface area contributed by atoms with E-state index in [1.165, 1.54) is 47.0 Å². The highest BCUT2D eigenvalue weighted by Gasteiger charge is 2.23. The maximum absolute atomic E-state index is 4.23. The van der Waals surface area contributed by atoms with Gasteiger partial charge in [0.15, 0.2) is 0 Å². The van der Waals surface area contributed by atoms with E-state index in [2.05, 4.69) is 35.8 Å². The lowest BCUT2D eigenvalue weighted by atomic mass is 9.92. The van der Waals surface area contributed by atoms with E-state index >= 15 is 0 Å². The van der Waals surface area contributed by atoms with Crippen molar-refractivity contribution in [3.8, 4) is 0 Å². The summed E-state index contributed by atoms with van der Waals surface area (Å²) in [6.45, 7) is 2.16. The third-order valence-corrected chi connectivity index (χ3v) is 3.48. The topological polar surface area (TPSA) is 43.4 Å². The van der Waals surface area contributed by atoms with Crippen molar-refractivity contribution in [1.82, 2.24) is 4.98 Å². The van der Waals surface area contributed by atoms with Gasteiger partial charge in [-0.2, -0.15) is 0 Å². The summed E-state index contributed by atoms with van der Waals surface area (Å²) in [5.74, 6) is 0. The Labute approximate surface area is 89.5 Å². The molecule has 2 aromatic rings. The smallest absolute Gasteiger partial charge is 0.125 e. The summed E-state index contributed by atoms with van der Waals surface area (Å²) in [6, 6.07) is 7.11. The van der Waals surface area contributed by atoms with Gasteiger partial charge in [0.05, 0.1) is 5.69 Å². The number of hydrogen-bond acceptors (Lipinski definition) is 0. The van der Waals surface area contributed by atoms with Crippen LogP contribution in [-0.2, 0) is 6.42 Å². The Kier molecular flexibility index (Phi) is 1.86. The number of benzene rings is 1. The number of H-pyrrole nitrogens is 1. The molecule has 4 N–H and O–H groups in total. The average Bonchev–Trinajstić information content (AvgIpc) is 2.58. The first kappa shape index (κ1) is 8.98. The zero-order chi connectivity index (χ0) is 10.4. The van der Waals surface area contributed by atoms with Crippen LogP contribution in [0.5, 0.6) is 0 Å². The predicted molar refractivity (Wildman–Crippen MR) is 61.6 cm³/mol. The number of nitrogens with one attached hydrogen (secondary N) is 1. The van der Waals surface area contributed by atoms with E-state index in [4.69, 9.17) is 0 Å². The number of aromatic amines is 1. The Bertz CT molecular complexity index is 510. The molecule has 1 aliphatic rings. The first-order valence-corrected chi connectivity index (χ1v) is 5.70. The van der Waals surface area contributed by atoms with E-state index in [0.29, 0.717) is 6.04 Å². The number of hydrogen-bond donors (Lipinski definition) is 2. The Hall–Kier alpha value is -1.28. The molecular weight excluding hydrogens is 184 g/mol. The Morgan fingerprint density at radius 2 is 2.27 bits per heavy atom. The Morgan fingerprint density at radius 3 is 3.13 bits per heavy atom. The standard InChI is InChI=1S/C13H16N2/c1-8-5-6-12-10(7-8)9-3-2-4-11(14)13(9)15-12/h5-7,11,15H,2-4,14H2,1H3/p+1/t11-/m0/s1. The molecule has 1 heterocycles. The number of aromatic nitrogens is 1. The molecule has 0 fully saturated rings. The summed E-state index contributed by atoms with van der Waals surface area (Å²) in [4.78, 5) is 3.53. The summed E-state index contributed by atoms with van der Waals surface area (Å²) in [5, 5.41) is 1.42. The molecule has 1 aromatic heterocycles. The third kappa shape index (κ3) is 1.29. The molecule has 78 valence electrons. The van der Waals surface area contributed by atoms with Crippen LogP contribution in [0.2, 0.25) is 0 Å². The summed E-state index contributed by atoms with van der Waals surface area (Å²) >= 11 is 0. The molecule has 0 amide bonds. The van der Waals surface area contributed by atoms with E-state index in [0.717, 1.165) is 0 Å². The van der Waals surface area contributed by atoms with E-state index in [1.54, 1.807) is 0 Å². The van der Waals surface area contributed by atoms with E-state index in [-0.39, 0.29) is 0 Å². The molecule has 3 rings (SSSR count). The summed E-state index contributed by atoms with van der Waals surface area (Å²) in [6.07, 6.45) is 3.71. The second-order valence-corrected chi connectivity index (χ2v) is 4.66. The molecular formula is C13H17N2+. The van der Waals surface area contributed by atoms with Crippen LogP contribution in [0, 0.1) is 6.92 Å². The van der Waals surface area contributed by atoms with E-state index < -0.39 is 0 Å². The zero-order valence-electron chi connectivity index (χ0n) is 9.14. The first-order valence-electron chi connectivity index (χ1n) is 5.70. The van der Waals surface area contributed by atoms with Crippen LogP contribution in [0.1, 0.15) is 35.7 Å². The molecule has 1 aromatic carbocycles. The van der Waals surface area contributed by atoms with Gasteiger partial charge in [0.25, 0.3) is 0 Å². The lowest BCUT2D eigenvalue weighted by Gasteiger charge is -2.15. The molecule has 0 unspecified atom stereocenters. The molecule has 0 saturated heterocycles. The minimum Gasteiger partial charge on any atom is -0.353 e. The number of rotatable bonds is 0. The largest absolute Gasteiger partial charge is 0.353 e. The van der Waals surface area contributed by atoms with Gasteiger partial charge in [-0.1, -0.05) is 11.6 Å². The second-order valence-electron chi connectivity index (χ2n) is 4.66. The normalized spacial score (nSPS) is 20.5. The number of fused-ring (bicyclic) bond motifs is 3. The monoisotopic (exact) mass is 201 g/mol. The lowest BCUT2D eigenvalue weighted by molar-refractivity contribution is -0.430. The van der Waals surface area contributed by atoms with Crippen molar-refractivity contribution in [1.29, 1.82) is 0 Å². The van der Waals surface area contributed by atoms with Gasteiger partial charge in [-0.3, -0.25) is 0 Å². The van der Waals surface area contributed by atoms with Gasteiger partial charge >= 0.3 is 0 Å². The van der Waals surface area contributed by atoms with Crippen LogP contribution < -0.4 is 5.73 Å². The van der Waals surface area contributed by atoms with E-state index in [1.807, 2.05) is 0 Å². The van der Waals surface area contributed by atoms with Crippen molar-refractivity contribution < 1.29 is 5.73 Å². The van der Waals surface area contributed by atoms with Crippen LogP contribution >= 0.6 is 0 Å². The van der Waals surface area contributed by atoms with Crippen LogP contribution in [-0.4, -0.2) is 4.98 Å². The van der Waals surface area contributed by atoms with Crippen molar-refractivity contribution in [2.24, 2.45) is 0 Å². The molecule has 2 nitrogen and oxygen atoms in total. The first-order chi connectivity index (χ1) is 7.25. The van der Waals surface area contributed by atoms with Crippen molar-refractivity contribution in [2.75, 3.05) is 0 Å². The zero-order valence-corrected chi connectivity index (χ0v) is 9.14. The molecule has 0 bridgehead atoms. The SMILES string of the molecule is Cc1ccc2[nH]c3c(c2c1)CCC[C@@H]3[NH3+]. The van der Waals surface area contributed by atoms with Crippen molar-refractivity contribution in [2.45, 2.75) is 32.2 Å². The highest BCUT2D eigenvalue weighted by atomic mass is 14.8. The second kappa shape index (κ2) is 3.11. The van der Waals surface area contributed by atoms with Gasteiger partial charge in [0.2, 0.25) is 0 Å².